The Labute approximate surface area is 177 Å². The summed E-state index contributed by atoms with van der Waals surface area (Å²) in [6, 6.07) is 4.54. The molecule has 0 spiro atoms. The van der Waals surface area contributed by atoms with Crippen molar-refractivity contribution in [1.29, 1.82) is 0 Å². The van der Waals surface area contributed by atoms with Gasteiger partial charge in [-0.2, -0.15) is 13.7 Å². The van der Waals surface area contributed by atoms with Gasteiger partial charge in [0.1, 0.15) is 21.3 Å². The molecule has 1 aliphatic heterocycles. The van der Waals surface area contributed by atoms with Crippen molar-refractivity contribution in [3.63, 3.8) is 0 Å². The quantitative estimate of drug-likeness (QED) is 0.628. The Kier molecular flexibility index (Phi) is 6.14. The number of sulfonamides is 2. The zero-order valence-corrected chi connectivity index (χ0v) is 19.2. The smallest absolute Gasteiger partial charge is 0.246 e. The van der Waals surface area contributed by atoms with Crippen molar-refractivity contribution in [3.05, 3.63) is 29.6 Å². The molecule has 1 fully saturated rings. The van der Waals surface area contributed by atoms with Gasteiger partial charge in [0, 0.05) is 39.3 Å². The van der Waals surface area contributed by atoms with Crippen molar-refractivity contribution >= 4 is 20.0 Å². The molecule has 0 N–H and O–H groups in total. The van der Waals surface area contributed by atoms with E-state index in [2.05, 4.69) is 5.10 Å². The van der Waals surface area contributed by atoms with E-state index in [1.54, 1.807) is 27.0 Å². The Balaban J connectivity index is 1.85. The van der Waals surface area contributed by atoms with Gasteiger partial charge in [0.15, 0.2) is 0 Å². The molecule has 0 atom stereocenters. The molecule has 10 nitrogen and oxygen atoms in total. The van der Waals surface area contributed by atoms with Crippen molar-refractivity contribution in [2.45, 2.75) is 23.6 Å². The summed E-state index contributed by atoms with van der Waals surface area (Å²) in [4.78, 5) is 0.162. The van der Waals surface area contributed by atoms with Gasteiger partial charge >= 0.3 is 0 Å². The molecule has 0 aliphatic carbocycles. The summed E-state index contributed by atoms with van der Waals surface area (Å²) in [6.07, 6.45) is 0. The van der Waals surface area contributed by atoms with Gasteiger partial charge in [0.25, 0.3) is 0 Å². The minimum absolute atomic E-state index is 0.0143. The molecule has 166 valence electrons. The fourth-order valence-corrected chi connectivity index (χ4v) is 6.95. The zero-order chi connectivity index (χ0) is 22.3. The number of benzene rings is 1. The van der Waals surface area contributed by atoms with Crippen molar-refractivity contribution in [1.82, 2.24) is 18.4 Å². The van der Waals surface area contributed by atoms with Gasteiger partial charge in [-0.3, -0.25) is 4.68 Å². The Morgan fingerprint density at radius 2 is 1.47 bits per heavy atom. The van der Waals surface area contributed by atoms with Crippen LogP contribution in [0.4, 0.5) is 0 Å². The average Bonchev–Trinajstić information content (AvgIpc) is 2.99. The molecule has 0 saturated carbocycles. The van der Waals surface area contributed by atoms with Crippen LogP contribution in [0.2, 0.25) is 0 Å². The van der Waals surface area contributed by atoms with E-state index in [9.17, 15) is 16.8 Å². The third kappa shape index (κ3) is 3.80. The number of hydrogen-bond donors (Lipinski definition) is 0. The highest BCUT2D eigenvalue weighted by Crippen LogP contribution is 2.32. The molecule has 1 aromatic heterocycles. The van der Waals surface area contributed by atoms with Gasteiger partial charge in [0.2, 0.25) is 20.0 Å². The number of nitrogens with zero attached hydrogens (tertiary/aromatic N) is 4. The van der Waals surface area contributed by atoms with Gasteiger partial charge in [-0.25, -0.2) is 16.8 Å². The lowest BCUT2D eigenvalue weighted by molar-refractivity contribution is 0.271. The molecule has 1 aromatic carbocycles. The van der Waals surface area contributed by atoms with Crippen LogP contribution in [0.5, 0.6) is 11.5 Å². The summed E-state index contributed by atoms with van der Waals surface area (Å²) in [6.45, 7) is 3.49. The van der Waals surface area contributed by atoms with Crippen LogP contribution in [0.3, 0.4) is 0 Å². The van der Waals surface area contributed by atoms with Crippen LogP contribution in [-0.2, 0) is 27.1 Å². The van der Waals surface area contributed by atoms with Crippen molar-refractivity contribution in [3.8, 4) is 11.5 Å². The lowest BCUT2D eigenvalue weighted by Crippen LogP contribution is -2.50. The monoisotopic (exact) mass is 458 g/mol. The normalized spacial score (nSPS) is 16.6. The Bertz CT molecular complexity index is 1150. The maximum absolute atomic E-state index is 13.2. The maximum Gasteiger partial charge on any atom is 0.246 e. The maximum atomic E-state index is 13.2. The van der Waals surface area contributed by atoms with E-state index in [4.69, 9.17) is 9.47 Å². The Morgan fingerprint density at radius 3 is 1.93 bits per heavy atom. The van der Waals surface area contributed by atoms with Crippen molar-refractivity contribution in [2.24, 2.45) is 7.05 Å². The molecule has 1 saturated heterocycles. The van der Waals surface area contributed by atoms with Gasteiger partial charge in [-0.1, -0.05) is 0 Å². The van der Waals surface area contributed by atoms with E-state index < -0.39 is 20.0 Å². The second kappa shape index (κ2) is 8.17. The lowest BCUT2D eigenvalue weighted by Gasteiger charge is -2.33. The number of rotatable bonds is 6. The minimum atomic E-state index is -3.89. The highest BCUT2D eigenvalue weighted by Gasteiger charge is 2.37. The second-order valence-electron chi connectivity index (χ2n) is 6.95. The lowest BCUT2D eigenvalue weighted by atomic mass is 10.3. The van der Waals surface area contributed by atoms with Gasteiger partial charge in [0.05, 0.1) is 25.6 Å². The predicted octanol–water partition coefficient (Wildman–Crippen LogP) is 0.749. The largest absolute Gasteiger partial charge is 0.497 e. The van der Waals surface area contributed by atoms with Crippen LogP contribution < -0.4 is 9.47 Å². The number of methoxy groups -OCH3 is 2. The highest BCUT2D eigenvalue weighted by molar-refractivity contribution is 7.89. The molecule has 12 heteroatoms. The number of aromatic nitrogens is 2. The first-order chi connectivity index (χ1) is 14.0. The van der Waals surface area contributed by atoms with E-state index in [0.717, 1.165) is 0 Å². The molecular weight excluding hydrogens is 432 g/mol. The number of ether oxygens (including phenoxy) is 2. The summed E-state index contributed by atoms with van der Waals surface area (Å²) < 4.78 is 67.0. The molecule has 0 unspecified atom stereocenters. The van der Waals surface area contributed by atoms with Gasteiger partial charge in [-0.15, -0.1) is 0 Å². The molecule has 3 rings (SSSR count). The number of aryl methyl sites for hydroxylation is 2. The van der Waals surface area contributed by atoms with Crippen molar-refractivity contribution < 1.29 is 26.3 Å². The fourth-order valence-electron chi connectivity index (χ4n) is 3.53. The first-order valence-electron chi connectivity index (χ1n) is 9.26. The molecule has 30 heavy (non-hydrogen) atoms. The van der Waals surface area contributed by atoms with Crippen LogP contribution in [0.15, 0.2) is 28.0 Å². The standard InChI is InChI=1S/C18H26N4O6S2/c1-13-18(14(2)20(3)19-13)30(25,26)22-10-8-21(9-11-22)29(23,24)17-12-15(27-4)6-7-16(17)28-5/h6-7,12H,8-11H2,1-5H3. The first-order valence-corrected chi connectivity index (χ1v) is 12.1. The molecular formula is C18H26N4O6S2. The van der Waals surface area contributed by atoms with Crippen LogP contribution in [0.25, 0.3) is 0 Å². The van der Waals surface area contributed by atoms with Crippen molar-refractivity contribution in [2.75, 3.05) is 40.4 Å². The summed E-state index contributed by atoms with van der Waals surface area (Å²) in [7, 11) is -3.14. The third-order valence-corrected chi connectivity index (χ3v) is 9.30. The number of piperazine rings is 1. The minimum Gasteiger partial charge on any atom is -0.497 e. The first kappa shape index (κ1) is 22.5. The van der Waals surface area contributed by atoms with Gasteiger partial charge < -0.3 is 9.47 Å². The molecule has 2 heterocycles. The predicted molar refractivity (Wildman–Crippen MR) is 110 cm³/mol. The molecule has 0 radical (unpaired) electrons. The Hall–Kier alpha value is -2.15. The SMILES string of the molecule is COc1ccc(OC)c(S(=O)(=O)N2CCN(S(=O)(=O)c3c(C)nn(C)c3C)CC2)c1. The fraction of sp³-hybridized carbons (Fsp3) is 0.500. The highest BCUT2D eigenvalue weighted by atomic mass is 32.2. The number of hydrogen-bond acceptors (Lipinski definition) is 7. The molecule has 0 amide bonds. The van der Waals surface area contributed by atoms with Crippen LogP contribution in [0.1, 0.15) is 11.4 Å². The average molecular weight is 459 g/mol. The topological polar surface area (TPSA) is 111 Å². The van der Waals surface area contributed by atoms with E-state index >= 15 is 0 Å². The second-order valence-corrected chi connectivity index (χ2v) is 10.7. The van der Waals surface area contributed by atoms with E-state index in [1.165, 1.54) is 39.6 Å². The van der Waals surface area contributed by atoms with Crippen LogP contribution in [-0.4, -0.2) is 75.6 Å². The molecule has 2 aromatic rings. The van der Waals surface area contributed by atoms with E-state index in [1.807, 2.05) is 0 Å². The van der Waals surface area contributed by atoms with E-state index in [0.29, 0.717) is 17.1 Å². The molecule has 1 aliphatic rings. The summed E-state index contributed by atoms with van der Waals surface area (Å²) in [5, 5.41) is 4.18. The Morgan fingerprint density at radius 1 is 0.900 bits per heavy atom. The molecule has 0 bridgehead atoms. The van der Waals surface area contributed by atoms with E-state index in [-0.39, 0.29) is 41.7 Å². The summed E-state index contributed by atoms with van der Waals surface area (Å²) in [5.41, 5.74) is 0.967. The summed E-state index contributed by atoms with van der Waals surface area (Å²) >= 11 is 0. The third-order valence-electron chi connectivity index (χ3n) is 5.23. The zero-order valence-electron chi connectivity index (χ0n) is 17.6. The van der Waals surface area contributed by atoms with Crippen LogP contribution >= 0.6 is 0 Å². The van der Waals surface area contributed by atoms with Gasteiger partial charge in [-0.05, 0) is 26.0 Å². The van der Waals surface area contributed by atoms with Crippen LogP contribution in [0, 0.1) is 13.8 Å². The summed E-state index contributed by atoms with van der Waals surface area (Å²) in [5.74, 6) is 0.588.